The molecular formula is C10H6ClIOS. The first-order valence-electron chi connectivity index (χ1n) is 3.98. The molecule has 0 aliphatic rings. The minimum Gasteiger partial charge on any atom is -0.298 e. The molecular weight excluding hydrogens is 331 g/mol. The standard InChI is InChI=1S/C10H6ClIOS/c11-4-10-8(5-13)7-3-6(12)1-2-9(7)14-10/h1-3,5H,4H2. The lowest BCUT2D eigenvalue weighted by atomic mass is 10.1. The van der Waals surface area contributed by atoms with Crippen molar-refractivity contribution in [1.29, 1.82) is 0 Å². The van der Waals surface area contributed by atoms with Gasteiger partial charge in [0, 0.05) is 24.1 Å². The van der Waals surface area contributed by atoms with Crippen LogP contribution in [0.15, 0.2) is 18.2 Å². The molecule has 0 N–H and O–H groups in total. The van der Waals surface area contributed by atoms with E-state index in [0.717, 1.165) is 30.4 Å². The minimum atomic E-state index is 0.407. The zero-order valence-electron chi connectivity index (χ0n) is 7.09. The third kappa shape index (κ3) is 1.68. The molecule has 0 saturated heterocycles. The molecule has 0 unspecified atom stereocenters. The molecule has 0 saturated carbocycles. The van der Waals surface area contributed by atoms with Crippen molar-refractivity contribution in [3.8, 4) is 0 Å². The Labute approximate surface area is 104 Å². The number of halogens is 2. The molecule has 0 fully saturated rings. The quantitative estimate of drug-likeness (QED) is 0.459. The molecule has 0 radical (unpaired) electrons. The lowest BCUT2D eigenvalue weighted by Crippen LogP contribution is -1.82. The second-order valence-corrected chi connectivity index (χ2v) is 5.48. The van der Waals surface area contributed by atoms with Crippen LogP contribution in [0.5, 0.6) is 0 Å². The summed E-state index contributed by atoms with van der Waals surface area (Å²) in [5.74, 6) is 0.407. The third-order valence-corrected chi connectivity index (χ3v) is 4.29. The predicted molar refractivity (Wildman–Crippen MR) is 69.5 cm³/mol. The molecule has 0 aliphatic heterocycles. The van der Waals surface area contributed by atoms with Crippen molar-refractivity contribution in [3.63, 3.8) is 0 Å². The van der Waals surface area contributed by atoms with Gasteiger partial charge in [-0.25, -0.2) is 0 Å². The summed E-state index contributed by atoms with van der Waals surface area (Å²) in [6, 6.07) is 6.09. The van der Waals surface area contributed by atoms with Crippen molar-refractivity contribution in [2.75, 3.05) is 0 Å². The van der Waals surface area contributed by atoms with Crippen LogP contribution in [-0.2, 0) is 5.88 Å². The second-order valence-electron chi connectivity index (χ2n) is 2.83. The Morgan fingerprint density at radius 3 is 2.93 bits per heavy atom. The zero-order valence-corrected chi connectivity index (χ0v) is 10.8. The van der Waals surface area contributed by atoms with Gasteiger partial charge in [0.15, 0.2) is 6.29 Å². The summed E-state index contributed by atoms with van der Waals surface area (Å²) in [5, 5.41) is 1.02. The van der Waals surface area contributed by atoms with Gasteiger partial charge >= 0.3 is 0 Å². The molecule has 4 heteroatoms. The highest BCUT2D eigenvalue weighted by Crippen LogP contribution is 2.32. The van der Waals surface area contributed by atoms with Crippen LogP contribution in [-0.4, -0.2) is 6.29 Å². The summed E-state index contributed by atoms with van der Waals surface area (Å²) < 4.78 is 2.26. The first kappa shape index (κ1) is 10.4. The first-order valence-corrected chi connectivity index (χ1v) is 6.41. The molecule has 2 aromatic rings. The van der Waals surface area contributed by atoms with Gasteiger partial charge in [0.2, 0.25) is 0 Å². The average molecular weight is 337 g/mol. The predicted octanol–water partition coefficient (Wildman–Crippen LogP) is 4.06. The normalized spacial score (nSPS) is 10.7. The Morgan fingerprint density at radius 2 is 2.29 bits per heavy atom. The van der Waals surface area contributed by atoms with Gasteiger partial charge in [0.05, 0.1) is 5.88 Å². The molecule has 1 aromatic heterocycles. The van der Waals surface area contributed by atoms with Crippen LogP contribution in [0, 0.1) is 3.57 Å². The van der Waals surface area contributed by atoms with E-state index in [0.29, 0.717) is 5.88 Å². The number of carbonyl (C=O) groups excluding carboxylic acids is 1. The van der Waals surface area contributed by atoms with E-state index in [1.165, 1.54) is 0 Å². The summed E-state index contributed by atoms with van der Waals surface area (Å²) in [6.45, 7) is 0. The molecule has 0 amide bonds. The van der Waals surface area contributed by atoms with Gasteiger partial charge in [0.1, 0.15) is 0 Å². The Hall–Kier alpha value is -0.130. The Kier molecular flexibility index (Phi) is 3.09. The van der Waals surface area contributed by atoms with E-state index in [9.17, 15) is 4.79 Å². The van der Waals surface area contributed by atoms with E-state index in [-0.39, 0.29) is 0 Å². The van der Waals surface area contributed by atoms with Crippen LogP contribution in [0.1, 0.15) is 15.2 Å². The summed E-state index contributed by atoms with van der Waals surface area (Å²) in [4.78, 5) is 11.9. The molecule has 0 spiro atoms. The minimum absolute atomic E-state index is 0.407. The van der Waals surface area contributed by atoms with Crippen molar-refractivity contribution in [3.05, 3.63) is 32.2 Å². The van der Waals surface area contributed by atoms with E-state index in [2.05, 4.69) is 22.6 Å². The van der Waals surface area contributed by atoms with Gasteiger partial charge in [-0.3, -0.25) is 4.79 Å². The number of alkyl halides is 1. The first-order chi connectivity index (χ1) is 6.76. The Bertz CT molecular complexity index is 492. The maximum absolute atomic E-state index is 10.9. The molecule has 0 aliphatic carbocycles. The molecule has 1 heterocycles. The lowest BCUT2D eigenvalue weighted by Gasteiger charge is -1.92. The highest BCUT2D eigenvalue weighted by atomic mass is 127. The fraction of sp³-hybridized carbons (Fsp3) is 0.100. The van der Waals surface area contributed by atoms with Crippen LogP contribution in [0.4, 0.5) is 0 Å². The van der Waals surface area contributed by atoms with Gasteiger partial charge in [-0.2, -0.15) is 0 Å². The van der Waals surface area contributed by atoms with Crippen LogP contribution in [0.3, 0.4) is 0 Å². The lowest BCUT2D eigenvalue weighted by molar-refractivity contribution is 0.112. The third-order valence-electron chi connectivity index (χ3n) is 2.00. The highest BCUT2D eigenvalue weighted by molar-refractivity contribution is 14.1. The molecule has 1 aromatic carbocycles. The summed E-state index contributed by atoms with van der Waals surface area (Å²) in [7, 11) is 0. The molecule has 0 atom stereocenters. The van der Waals surface area contributed by atoms with Gasteiger partial charge in [-0.1, -0.05) is 0 Å². The van der Waals surface area contributed by atoms with Crippen LogP contribution in [0.25, 0.3) is 10.1 Å². The summed E-state index contributed by atoms with van der Waals surface area (Å²) in [5.41, 5.74) is 0.749. The Balaban J connectivity index is 2.81. The number of thiophene rings is 1. The fourth-order valence-corrected chi connectivity index (χ4v) is 3.17. The zero-order chi connectivity index (χ0) is 10.1. The Morgan fingerprint density at radius 1 is 1.50 bits per heavy atom. The number of hydrogen-bond acceptors (Lipinski definition) is 2. The smallest absolute Gasteiger partial charge is 0.151 e. The SMILES string of the molecule is O=Cc1c(CCl)sc2ccc(I)cc12. The van der Waals surface area contributed by atoms with E-state index in [1.54, 1.807) is 11.3 Å². The van der Waals surface area contributed by atoms with Crippen molar-refractivity contribution in [2.45, 2.75) is 5.88 Å². The van der Waals surface area contributed by atoms with E-state index >= 15 is 0 Å². The largest absolute Gasteiger partial charge is 0.298 e. The molecule has 1 nitrogen and oxygen atoms in total. The van der Waals surface area contributed by atoms with Gasteiger partial charge < -0.3 is 0 Å². The second kappa shape index (κ2) is 4.16. The van der Waals surface area contributed by atoms with Crippen LogP contribution in [0.2, 0.25) is 0 Å². The van der Waals surface area contributed by atoms with Crippen molar-refractivity contribution in [2.24, 2.45) is 0 Å². The summed E-state index contributed by atoms with van der Waals surface area (Å²) >= 11 is 9.60. The van der Waals surface area contributed by atoms with E-state index in [1.807, 2.05) is 18.2 Å². The number of carbonyl (C=O) groups is 1. The number of aldehydes is 1. The molecule has 0 bridgehead atoms. The van der Waals surface area contributed by atoms with Crippen LogP contribution >= 0.6 is 45.5 Å². The van der Waals surface area contributed by atoms with Crippen molar-refractivity contribution in [1.82, 2.24) is 0 Å². The van der Waals surface area contributed by atoms with Crippen LogP contribution < -0.4 is 0 Å². The highest BCUT2D eigenvalue weighted by Gasteiger charge is 2.10. The average Bonchev–Trinajstić information content (AvgIpc) is 2.54. The maximum atomic E-state index is 10.9. The number of benzene rings is 1. The monoisotopic (exact) mass is 336 g/mol. The van der Waals surface area contributed by atoms with E-state index < -0.39 is 0 Å². The van der Waals surface area contributed by atoms with E-state index in [4.69, 9.17) is 11.6 Å². The van der Waals surface area contributed by atoms with Gasteiger partial charge in [-0.15, -0.1) is 22.9 Å². The van der Waals surface area contributed by atoms with Crippen molar-refractivity contribution < 1.29 is 4.79 Å². The van der Waals surface area contributed by atoms with Gasteiger partial charge in [-0.05, 0) is 40.8 Å². The number of hydrogen-bond donors (Lipinski definition) is 0. The molecule has 72 valence electrons. The molecule has 2 rings (SSSR count). The topological polar surface area (TPSA) is 17.1 Å². The number of rotatable bonds is 2. The fourth-order valence-electron chi connectivity index (χ4n) is 1.37. The maximum Gasteiger partial charge on any atom is 0.151 e. The summed E-state index contributed by atoms with van der Waals surface area (Å²) in [6.07, 6.45) is 0.895. The molecule has 14 heavy (non-hydrogen) atoms. The van der Waals surface area contributed by atoms with Crippen molar-refractivity contribution >= 4 is 61.9 Å². The number of fused-ring (bicyclic) bond motifs is 1. The van der Waals surface area contributed by atoms with Gasteiger partial charge in [0.25, 0.3) is 0 Å².